The maximum atomic E-state index is 12.1. The lowest BCUT2D eigenvalue weighted by molar-refractivity contribution is -0.143. The highest BCUT2D eigenvalue weighted by molar-refractivity contribution is 5.86. The van der Waals surface area contributed by atoms with Crippen LogP contribution in [0.4, 0.5) is 0 Å². The number of carbonyl (C=O) groups excluding carboxylic acids is 1. The zero-order valence-corrected chi connectivity index (χ0v) is 15.0. The Labute approximate surface area is 143 Å². The topological polar surface area (TPSA) is 84.9 Å². The SMILES string of the molecule is COCCC(NC(=O)C(C)Oc1ccc(C(C)(C)C)cc1)C(=O)O. The third kappa shape index (κ3) is 6.20. The molecule has 0 heterocycles. The highest BCUT2D eigenvalue weighted by Gasteiger charge is 2.23. The van der Waals surface area contributed by atoms with Crippen LogP contribution < -0.4 is 10.1 Å². The number of carbonyl (C=O) groups is 2. The average molecular weight is 337 g/mol. The number of methoxy groups -OCH3 is 1. The maximum Gasteiger partial charge on any atom is 0.326 e. The van der Waals surface area contributed by atoms with Gasteiger partial charge < -0.3 is 19.9 Å². The Bertz CT molecular complexity index is 548. The lowest BCUT2D eigenvalue weighted by Gasteiger charge is -2.21. The van der Waals surface area contributed by atoms with Gasteiger partial charge in [-0.15, -0.1) is 0 Å². The van der Waals surface area contributed by atoms with E-state index in [2.05, 4.69) is 26.1 Å². The Morgan fingerprint density at radius 2 is 1.79 bits per heavy atom. The molecular weight excluding hydrogens is 310 g/mol. The molecule has 0 aliphatic heterocycles. The monoisotopic (exact) mass is 337 g/mol. The highest BCUT2D eigenvalue weighted by Crippen LogP contribution is 2.24. The number of ether oxygens (including phenoxy) is 2. The quantitative estimate of drug-likeness (QED) is 0.761. The fourth-order valence-electron chi connectivity index (χ4n) is 2.07. The molecule has 0 fully saturated rings. The molecule has 1 rings (SSSR count). The van der Waals surface area contributed by atoms with Crippen LogP contribution in [0.3, 0.4) is 0 Å². The van der Waals surface area contributed by atoms with E-state index in [0.29, 0.717) is 5.75 Å². The van der Waals surface area contributed by atoms with Crippen molar-refractivity contribution in [3.63, 3.8) is 0 Å². The molecule has 24 heavy (non-hydrogen) atoms. The first-order valence-electron chi connectivity index (χ1n) is 7.94. The van der Waals surface area contributed by atoms with Gasteiger partial charge in [-0.3, -0.25) is 4.79 Å². The summed E-state index contributed by atoms with van der Waals surface area (Å²) >= 11 is 0. The van der Waals surface area contributed by atoms with Gasteiger partial charge in [0, 0.05) is 20.1 Å². The summed E-state index contributed by atoms with van der Waals surface area (Å²) in [5.74, 6) is -1.00. The largest absolute Gasteiger partial charge is 0.481 e. The fourth-order valence-corrected chi connectivity index (χ4v) is 2.07. The zero-order chi connectivity index (χ0) is 18.3. The Kier molecular flexibility index (Phi) is 7.22. The summed E-state index contributed by atoms with van der Waals surface area (Å²) in [6.07, 6.45) is -0.597. The summed E-state index contributed by atoms with van der Waals surface area (Å²) in [5, 5.41) is 11.6. The van der Waals surface area contributed by atoms with E-state index < -0.39 is 24.0 Å². The summed E-state index contributed by atoms with van der Waals surface area (Å²) < 4.78 is 10.4. The summed E-state index contributed by atoms with van der Waals surface area (Å²) in [6, 6.07) is 6.54. The molecule has 0 aliphatic rings. The summed E-state index contributed by atoms with van der Waals surface area (Å²) in [4.78, 5) is 23.3. The van der Waals surface area contributed by atoms with Crippen molar-refractivity contribution in [3.8, 4) is 5.75 Å². The van der Waals surface area contributed by atoms with Gasteiger partial charge in [0.1, 0.15) is 11.8 Å². The minimum Gasteiger partial charge on any atom is -0.481 e. The molecule has 1 aromatic carbocycles. The van der Waals surface area contributed by atoms with E-state index in [9.17, 15) is 9.59 Å². The van der Waals surface area contributed by atoms with E-state index in [1.165, 1.54) is 7.11 Å². The van der Waals surface area contributed by atoms with Gasteiger partial charge in [0.25, 0.3) is 5.91 Å². The van der Waals surface area contributed by atoms with Crippen LogP contribution in [0, 0.1) is 0 Å². The van der Waals surface area contributed by atoms with Gasteiger partial charge in [-0.25, -0.2) is 4.79 Å². The number of aliphatic carboxylic acids is 1. The van der Waals surface area contributed by atoms with Crippen molar-refractivity contribution in [2.24, 2.45) is 0 Å². The van der Waals surface area contributed by atoms with E-state index in [4.69, 9.17) is 14.6 Å². The van der Waals surface area contributed by atoms with E-state index in [1.807, 2.05) is 24.3 Å². The maximum absolute atomic E-state index is 12.1. The molecule has 0 saturated heterocycles. The molecule has 1 aromatic rings. The molecule has 1 amide bonds. The number of carboxylic acid groups (broad SMARTS) is 1. The second-order valence-corrected chi connectivity index (χ2v) is 6.72. The van der Waals surface area contributed by atoms with Crippen molar-refractivity contribution in [1.29, 1.82) is 0 Å². The molecule has 134 valence electrons. The lowest BCUT2D eigenvalue weighted by Crippen LogP contribution is -2.46. The molecule has 0 spiro atoms. The van der Waals surface area contributed by atoms with Crippen molar-refractivity contribution in [2.75, 3.05) is 13.7 Å². The van der Waals surface area contributed by atoms with Crippen molar-refractivity contribution in [3.05, 3.63) is 29.8 Å². The molecule has 0 bridgehead atoms. The van der Waals surface area contributed by atoms with Crippen molar-refractivity contribution in [2.45, 2.75) is 51.7 Å². The van der Waals surface area contributed by atoms with Crippen molar-refractivity contribution in [1.82, 2.24) is 5.32 Å². The number of hydrogen-bond donors (Lipinski definition) is 2. The first-order valence-corrected chi connectivity index (χ1v) is 7.94. The smallest absolute Gasteiger partial charge is 0.326 e. The molecule has 2 unspecified atom stereocenters. The minimum absolute atomic E-state index is 0.0393. The third-order valence-electron chi connectivity index (χ3n) is 3.63. The number of nitrogens with one attached hydrogen (secondary N) is 1. The van der Waals surface area contributed by atoms with E-state index >= 15 is 0 Å². The minimum atomic E-state index is -1.10. The van der Waals surface area contributed by atoms with E-state index in [-0.39, 0.29) is 18.4 Å². The molecule has 2 N–H and O–H groups in total. The Morgan fingerprint density at radius 3 is 2.25 bits per heavy atom. The van der Waals surface area contributed by atoms with Crippen LogP contribution in [-0.4, -0.2) is 42.8 Å². The van der Waals surface area contributed by atoms with Crippen LogP contribution >= 0.6 is 0 Å². The molecule has 2 atom stereocenters. The Balaban J connectivity index is 2.64. The Morgan fingerprint density at radius 1 is 1.21 bits per heavy atom. The number of benzene rings is 1. The van der Waals surface area contributed by atoms with Crippen LogP contribution in [0.1, 0.15) is 39.7 Å². The van der Waals surface area contributed by atoms with Gasteiger partial charge in [0.2, 0.25) is 0 Å². The van der Waals surface area contributed by atoms with Crippen LogP contribution in [0.5, 0.6) is 5.75 Å². The normalized spacial score (nSPS) is 13.9. The predicted octanol–water partition coefficient (Wildman–Crippen LogP) is 2.36. The number of carboxylic acids is 1. The molecule has 0 radical (unpaired) electrons. The highest BCUT2D eigenvalue weighted by atomic mass is 16.5. The first kappa shape index (κ1) is 20.0. The standard InChI is InChI=1S/C18H27NO5/c1-12(16(20)19-15(17(21)22)10-11-23-5)24-14-8-6-13(7-9-14)18(2,3)4/h6-9,12,15H,10-11H2,1-5H3,(H,19,20)(H,21,22). The van der Waals surface area contributed by atoms with Crippen molar-refractivity contribution < 1.29 is 24.2 Å². The molecular formula is C18H27NO5. The summed E-state index contributed by atoms with van der Waals surface area (Å²) in [5.41, 5.74) is 1.20. The van der Waals surface area contributed by atoms with Gasteiger partial charge in [-0.1, -0.05) is 32.9 Å². The molecule has 0 aromatic heterocycles. The Hall–Kier alpha value is -2.08. The second-order valence-electron chi connectivity index (χ2n) is 6.72. The van der Waals surface area contributed by atoms with Gasteiger partial charge >= 0.3 is 5.97 Å². The number of hydrogen-bond acceptors (Lipinski definition) is 4. The third-order valence-corrected chi connectivity index (χ3v) is 3.63. The van der Waals surface area contributed by atoms with Crippen molar-refractivity contribution >= 4 is 11.9 Å². The van der Waals surface area contributed by atoms with Crippen LogP contribution in [0.2, 0.25) is 0 Å². The van der Waals surface area contributed by atoms with Gasteiger partial charge in [0.15, 0.2) is 6.10 Å². The molecule has 6 nitrogen and oxygen atoms in total. The number of amides is 1. The van der Waals surface area contributed by atoms with Crippen LogP contribution in [0.15, 0.2) is 24.3 Å². The van der Waals surface area contributed by atoms with Crippen LogP contribution in [0.25, 0.3) is 0 Å². The summed E-state index contributed by atoms with van der Waals surface area (Å²) in [6.45, 7) is 8.18. The van der Waals surface area contributed by atoms with Gasteiger partial charge in [0.05, 0.1) is 0 Å². The number of rotatable bonds is 8. The summed E-state index contributed by atoms with van der Waals surface area (Å²) in [7, 11) is 1.48. The lowest BCUT2D eigenvalue weighted by atomic mass is 9.87. The second kappa shape index (κ2) is 8.68. The zero-order valence-electron chi connectivity index (χ0n) is 15.0. The predicted molar refractivity (Wildman–Crippen MR) is 91.3 cm³/mol. The average Bonchev–Trinajstić information content (AvgIpc) is 2.50. The molecule has 0 saturated carbocycles. The van der Waals surface area contributed by atoms with E-state index in [1.54, 1.807) is 6.92 Å². The van der Waals surface area contributed by atoms with Gasteiger partial charge in [-0.2, -0.15) is 0 Å². The van der Waals surface area contributed by atoms with Crippen LogP contribution in [-0.2, 0) is 19.7 Å². The molecule has 0 aliphatic carbocycles. The van der Waals surface area contributed by atoms with E-state index in [0.717, 1.165) is 5.56 Å². The fraction of sp³-hybridized carbons (Fsp3) is 0.556. The molecule has 6 heteroatoms. The first-order chi connectivity index (χ1) is 11.1. The van der Waals surface area contributed by atoms with Gasteiger partial charge in [-0.05, 0) is 30.0 Å².